The van der Waals surface area contributed by atoms with Gasteiger partial charge in [-0.15, -0.1) is 0 Å². The van der Waals surface area contributed by atoms with Crippen LogP contribution in [0.4, 0.5) is 5.95 Å². The van der Waals surface area contributed by atoms with E-state index in [2.05, 4.69) is 16.8 Å². The second kappa shape index (κ2) is 8.78. The van der Waals surface area contributed by atoms with Crippen LogP contribution in [-0.4, -0.2) is 74.3 Å². The molecule has 1 aromatic rings. The Kier molecular flexibility index (Phi) is 6.29. The number of piperidine rings is 2. The number of likely N-dealkylation sites (tertiary alicyclic amines) is 1. The summed E-state index contributed by atoms with van der Waals surface area (Å²) in [6.07, 6.45) is 7.81. The molecule has 0 N–H and O–H groups in total. The van der Waals surface area contributed by atoms with Crippen molar-refractivity contribution in [2.24, 2.45) is 5.92 Å². The van der Waals surface area contributed by atoms with Crippen molar-refractivity contribution in [1.82, 2.24) is 14.9 Å². The molecule has 4 heterocycles. The molecule has 4 rings (SSSR count). The number of carbonyl (C=O) groups excluding carboxylic acids is 1. The molecule has 1 aromatic heterocycles. The second-order valence-corrected chi connectivity index (χ2v) is 11.0. The quantitative estimate of drug-likeness (QED) is 0.713. The highest BCUT2D eigenvalue weighted by atomic mass is 32.2. The lowest BCUT2D eigenvalue weighted by Gasteiger charge is -2.34. The predicted molar refractivity (Wildman–Crippen MR) is 113 cm³/mol. The van der Waals surface area contributed by atoms with Gasteiger partial charge in [0.25, 0.3) is 5.91 Å². The predicted octanol–water partition coefficient (Wildman–Crippen LogP) is 2.00. The van der Waals surface area contributed by atoms with Gasteiger partial charge in [0.1, 0.15) is 11.0 Å². The van der Waals surface area contributed by atoms with Gasteiger partial charge in [0.05, 0.1) is 11.9 Å². The van der Waals surface area contributed by atoms with Gasteiger partial charge in [-0.2, -0.15) is 0 Å². The van der Waals surface area contributed by atoms with Gasteiger partial charge < -0.3 is 14.5 Å². The Hall–Kier alpha value is -1.74. The molecule has 9 heteroatoms. The lowest BCUT2D eigenvalue weighted by molar-refractivity contribution is -0.142. The van der Waals surface area contributed by atoms with E-state index >= 15 is 0 Å². The summed E-state index contributed by atoms with van der Waals surface area (Å²) in [6.45, 7) is 5.88. The molecule has 0 aromatic carbocycles. The van der Waals surface area contributed by atoms with Crippen LogP contribution in [0, 0.1) is 5.92 Å². The third kappa shape index (κ3) is 4.61. The van der Waals surface area contributed by atoms with E-state index < -0.39 is 9.84 Å². The average Bonchev–Trinajstić information content (AvgIpc) is 3.27. The maximum Gasteiger partial charge on any atom is 0.251 e. The molecule has 0 saturated carbocycles. The molecule has 3 fully saturated rings. The Morgan fingerprint density at radius 3 is 2.53 bits per heavy atom. The summed E-state index contributed by atoms with van der Waals surface area (Å²) in [5.74, 6) is 1.28. The molecule has 3 aliphatic heterocycles. The first-order valence-corrected chi connectivity index (χ1v) is 12.9. The van der Waals surface area contributed by atoms with Gasteiger partial charge in [0.2, 0.25) is 5.95 Å². The molecule has 30 heavy (non-hydrogen) atoms. The molecule has 1 amide bonds. The molecule has 0 radical (unpaired) electrons. The number of hydrogen-bond acceptors (Lipinski definition) is 7. The number of anilines is 1. The zero-order valence-electron chi connectivity index (χ0n) is 17.9. The molecule has 0 aliphatic carbocycles. The molecular formula is C21H32N4O4S. The molecule has 0 spiro atoms. The summed E-state index contributed by atoms with van der Waals surface area (Å²) < 4.78 is 30.4. The van der Waals surface area contributed by atoms with Crippen LogP contribution in [0.15, 0.2) is 11.1 Å². The average molecular weight is 437 g/mol. The summed E-state index contributed by atoms with van der Waals surface area (Å²) in [5.41, 5.74) is 0.616. The minimum Gasteiger partial charge on any atom is -0.368 e. The molecule has 3 aliphatic rings. The standard InChI is InChI=1S/C21H32N4O4S/c1-15-5-3-9-25(14-15)21-22-13-18(30(2,27)28)19(23-21)16-7-10-24(11-8-16)20(26)17-6-4-12-29-17/h13,15-17H,3-12,14H2,1-2H3/t15-,17-/m1/s1. The second-order valence-electron chi connectivity index (χ2n) is 8.99. The Morgan fingerprint density at radius 1 is 1.13 bits per heavy atom. The zero-order chi connectivity index (χ0) is 21.3. The van der Waals surface area contributed by atoms with E-state index in [0.29, 0.717) is 50.1 Å². The van der Waals surface area contributed by atoms with Crippen LogP contribution >= 0.6 is 0 Å². The number of nitrogens with zero attached hydrogens (tertiary/aromatic N) is 4. The van der Waals surface area contributed by atoms with Gasteiger partial charge >= 0.3 is 0 Å². The van der Waals surface area contributed by atoms with E-state index in [9.17, 15) is 13.2 Å². The van der Waals surface area contributed by atoms with Gasteiger partial charge in [-0.05, 0) is 44.4 Å². The maximum atomic E-state index is 12.6. The number of ether oxygens (including phenoxy) is 1. The molecule has 2 atom stereocenters. The first-order chi connectivity index (χ1) is 14.3. The summed E-state index contributed by atoms with van der Waals surface area (Å²) in [7, 11) is -3.43. The van der Waals surface area contributed by atoms with Gasteiger partial charge in [0.15, 0.2) is 9.84 Å². The third-order valence-corrected chi connectivity index (χ3v) is 7.62. The van der Waals surface area contributed by atoms with Crippen LogP contribution in [0.25, 0.3) is 0 Å². The lowest BCUT2D eigenvalue weighted by atomic mass is 9.93. The highest BCUT2D eigenvalue weighted by Gasteiger charge is 2.33. The fraction of sp³-hybridized carbons (Fsp3) is 0.762. The van der Waals surface area contributed by atoms with Crippen LogP contribution < -0.4 is 4.90 Å². The molecule has 166 valence electrons. The van der Waals surface area contributed by atoms with Gasteiger partial charge in [-0.3, -0.25) is 4.79 Å². The van der Waals surface area contributed by atoms with E-state index in [1.54, 1.807) is 0 Å². The van der Waals surface area contributed by atoms with E-state index in [-0.39, 0.29) is 22.8 Å². The first kappa shape index (κ1) is 21.5. The van der Waals surface area contributed by atoms with Crippen molar-refractivity contribution in [2.75, 3.05) is 43.9 Å². The SMILES string of the molecule is C[C@@H]1CCCN(c2ncc(S(C)(=O)=O)c(C3CCN(C(=O)[C@H]4CCCO4)CC3)n2)C1. The minimum absolute atomic E-state index is 0.00670. The van der Waals surface area contributed by atoms with Crippen molar-refractivity contribution in [3.8, 4) is 0 Å². The van der Waals surface area contributed by atoms with E-state index in [1.807, 2.05) is 4.90 Å². The molecule has 8 nitrogen and oxygen atoms in total. The number of rotatable bonds is 4. The van der Waals surface area contributed by atoms with Crippen LogP contribution in [0.1, 0.15) is 57.1 Å². The summed E-state index contributed by atoms with van der Waals surface area (Å²) in [5, 5.41) is 0. The molecular weight excluding hydrogens is 404 g/mol. The topological polar surface area (TPSA) is 92.7 Å². The number of hydrogen-bond donors (Lipinski definition) is 0. The fourth-order valence-electron chi connectivity index (χ4n) is 4.83. The fourth-order valence-corrected chi connectivity index (χ4v) is 5.66. The number of amides is 1. The summed E-state index contributed by atoms with van der Waals surface area (Å²) in [4.78, 5) is 26.1. The van der Waals surface area contributed by atoms with Crippen molar-refractivity contribution in [2.45, 2.75) is 62.4 Å². The number of aromatic nitrogens is 2. The maximum absolute atomic E-state index is 12.6. The van der Waals surface area contributed by atoms with Gasteiger partial charge in [-0.25, -0.2) is 18.4 Å². The Labute approximate surface area is 178 Å². The van der Waals surface area contributed by atoms with E-state index in [0.717, 1.165) is 32.4 Å². The van der Waals surface area contributed by atoms with Crippen LogP contribution in [-0.2, 0) is 19.4 Å². The van der Waals surface area contributed by atoms with Gasteiger partial charge in [-0.1, -0.05) is 6.92 Å². The molecule has 3 saturated heterocycles. The van der Waals surface area contributed by atoms with Crippen molar-refractivity contribution < 1.29 is 17.9 Å². The van der Waals surface area contributed by atoms with E-state index in [4.69, 9.17) is 9.72 Å². The van der Waals surface area contributed by atoms with Crippen molar-refractivity contribution in [3.63, 3.8) is 0 Å². The monoisotopic (exact) mass is 436 g/mol. The zero-order valence-corrected chi connectivity index (χ0v) is 18.7. The van der Waals surface area contributed by atoms with Crippen molar-refractivity contribution in [1.29, 1.82) is 0 Å². The Morgan fingerprint density at radius 2 is 1.90 bits per heavy atom. The summed E-state index contributed by atoms with van der Waals surface area (Å²) >= 11 is 0. The van der Waals surface area contributed by atoms with E-state index in [1.165, 1.54) is 18.9 Å². The highest BCUT2D eigenvalue weighted by molar-refractivity contribution is 7.90. The third-order valence-electron chi connectivity index (χ3n) is 6.51. The Balaban J connectivity index is 1.53. The minimum atomic E-state index is -3.43. The van der Waals surface area contributed by atoms with Crippen molar-refractivity contribution >= 4 is 21.7 Å². The molecule has 0 bridgehead atoms. The van der Waals surface area contributed by atoms with Crippen LogP contribution in [0.2, 0.25) is 0 Å². The number of carbonyl (C=O) groups is 1. The van der Waals surface area contributed by atoms with Crippen molar-refractivity contribution in [3.05, 3.63) is 11.9 Å². The normalized spacial score (nSPS) is 26.2. The highest BCUT2D eigenvalue weighted by Crippen LogP contribution is 2.33. The summed E-state index contributed by atoms with van der Waals surface area (Å²) in [6, 6.07) is 0. The Bertz CT molecular complexity index is 877. The molecule has 0 unspecified atom stereocenters. The smallest absolute Gasteiger partial charge is 0.251 e. The lowest BCUT2D eigenvalue weighted by Crippen LogP contribution is -2.43. The number of sulfone groups is 1. The first-order valence-electron chi connectivity index (χ1n) is 11.0. The van der Waals surface area contributed by atoms with Gasteiger partial charge in [0, 0.05) is 45.0 Å². The van der Waals surface area contributed by atoms with Crippen LogP contribution in [0.5, 0.6) is 0 Å². The largest absolute Gasteiger partial charge is 0.368 e. The van der Waals surface area contributed by atoms with Crippen LogP contribution in [0.3, 0.4) is 0 Å².